The van der Waals surface area contributed by atoms with Crippen LogP contribution in [0.1, 0.15) is 16.8 Å². The average molecular weight is 376 g/mol. The van der Waals surface area contributed by atoms with Gasteiger partial charge in [-0.25, -0.2) is 15.0 Å². The van der Waals surface area contributed by atoms with Gasteiger partial charge in [-0.2, -0.15) is 0 Å². The van der Waals surface area contributed by atoms with E-state index in [0.717, 1.165) is 40.8 Å². The lowest BCUT2D eigenvalue weighted by Gasteiger charge is -2.27. The number of nitrogens with zero attached hydrogens (tertiary/aromatic N) is 3. The summed E-state index contributed by atoms with van der Waals surface area (Å²) in [5, 5.41) is 1.41. The molecule has 0 aliphatic heterocycles. The van der Waals surface area contributed by atoms with Gasteiger partial charge < -0.3 is 10.7 Å². The molecule has 4 aromatic rings. The van der Waals surface area contributed by atoms with E-state index in [9.17, 15) is 0 Å². The molecule has 1 aliphatic carbocycles. The molecule has 5 rings (SSSR count). The van der Waals surface area contributed by atoms with Crippen molar-refractivity contribution in [3.63, 3.8) is 0 Å². The van der Waals surface area contributed by atoms with Gasteiger partial charge in [0.2, 0.25) is 0 Å². The lowest BCUT2D eigenvalue weighted by Crippen LogP contribution is -2.37. The average Bonchev–Trinajstić information content (AvgIpc) is 3.32. The topological polar surface area (TPSA) is 80.5 Å². The molecule has 3 N–H and O–H groups in total. The highest BCUT2D eigenvalue weighted by Crippen LogP contribution is 2.40. The van der Waals surface area contributed by atoms with Gasteiger partial charge in [0.05, 0.1) is 11.4 Å². The number of pyridine rings is 1. The van der Waals surface area contributed by atoms with E-state index < -0.39 is 0 Å². The molecule has 0 unspecified atom stereocenters. The van der Waals surface area contributed by atoms with Crippen molar-refractivity contribution in [1.29, 1.82) is 0 Å². The molecule has 27 heavy (non-hydrogen) atoms. The summed E-state index contributed by atoms with van der Waals surface area (Å²) in [6, 6.07) is 14.4. The Kier molecular flexibility index (Phi) is 3.74. The summed E-state index contributed by atoms with van der Waals surface area (Å²) in [5.74, 6) is 0. The standard InChI is InChI=1S/C21H18ClN5/c22-18-8-15(19-16-5-6-24-20(16)26-12-25-19)7-17(27-18)21(11-23)9-13-3-1-2-4-14(13)10-21/h1-8,12H,9-11,23H2,(H,24,25,26). The predicted molar refractivity (Wildman–Crippen MR) is 107 cm³/mol. The van der Waals surface area contributed by atoms with Crippen LogP contribution < -0.4 is 5.73 Å². The first-order valence-corrected chi connectivity index (χ1v) is 9.30. The first-order valence-electron chi connectivity index (χ1n) is 8.92. The van der Waals surface area contributed by atoms with Gasteiger partial charge in [-0.1, -0.05) is 35.9 Å². The number of nitrogens with two attached hydrogens (primary N) is 1. The zero-order valence-corrected chi connectivity index (χ0v) is 15.4. The monoisotopic (exact) mass is 375 g/mol. The Morgan fingerprint density at radius 2 is 1.85 bits per heavy atom. The molecule has 0 fully saturated rings. The van der Waals surface area contributed by atoms with Crippen molar-refractivity contribution in [2.24, 2.45) is 5.73 Å². The fourth-order valence-electron chi connectivity index (χ4n) is 4.13. The molecule has 0 amide bonds. The zero-order valence-electron chi connectivity index (χ0n) is 14.6. The fourth-order valence-corrected chi connectivity index (χ4v) is 4.34. The molecule has 0 saturated heterocycles. The zero-order chi connectivity index (χ0) is 18.4. The van der Waals surface area contributed by atoms with Crippen molar-refractivity contribution in [3.8, 4) is 11.3 Å². The van der Waals surface area contributed by atoms with Crippen LogP contribution in [0.5, 0.6) is 0 Å². The van der Waals surface area contributed by atoms with Crippen LogP contribution in [0.15, 0.2) is 55.0 Å². The normalized spacial score (nSPS) is 15.2. The number of benzene rings is 1. The summed E-state index contributed by atoms with van der Waals surface area (Å²) in [6.45, 7) is 0.512. The van der Waals surface area contributed by atoms with Gasteiger partial charge in [0.25, 0.3) is 0 Å². The minimum Gasteiger partial charge on any atom is -0.346 e. The highest BCUT2D eigenvalue weighted by molar-refractivity contribution is 6.29. The minimum absolute atomic E-state index is 0.242. The number of H-pyrrole nitrogens is 1. The van der Waals surface area contributed by atoms with Crippen molar-refractivity contribution < 1.29 is 0 Å². The van der Waals surface area contributed by atoms with Crippen molar-refractivity contribution in [2.75, 3.05) is 6.54 Å². The molecule has 0 bridgehead atoms. The van der Waals surface area contributed by atoms with E-state index in [0.29, 0.717) is 11.7 Å². The van der Waals surface area contributed by atoms with Gasteiger partial charge in [-0.05, 0) is 42.2 Å². The summed E-state index contributed by atoms with van der Waals surface area (Å²) >= 11 is 6.43. The molecule has 6 heteroatoms. The first kappa shape index (κ1) is 16.4. The Balaban J connectivity index is 1.65. The maximum Gasteiger partial charge on any atom is 0.141 e. The van der Waals surface area contributed by atoms with Gasteiger partial charge in [-0.3, -0.25) is 0 Å². The molecule has 0 atom stereocenters. The lowest BCUT2D eigenvalue weighted by molar-refractivity contribution is 0.450. The number of hydrogen-bond acceptors (Lipinski definition) is 4. The summed E-state index contributed by atoms with van der Waals surface area (Å²) < 4.78 is 0. The fraction of sp³-hybridized carbons (Fsp3) is 0.190. The minimum atomic E-state index is -0.242. The molecule has 0 spiro atoms. The maximum absolute atomic E-state index is 6.43. The van der Waals surface area contributed by atoms with E-state index in [1.54, 1.807) is 6.33 Å². The van der Waals surface area contributed by atoms with Crippen LogP contribution >= 0.6 is 11.6 Å². The van der Waals surface area contributed by atoms with E-state index in [1.807, 2.05) is 18.3 Å². The molecule has 1 aliphatic rings. The van der Waals surface area contributed by atoms with Crippen LogP contribution in [-0.4, -0.2) is 26.5 Å². The molecule has 0 radical (unpaired) electrons. The molecule has 3 aromatic heterocycles. The Morgan fingerprint density at radius 1 is 1.07 bits per heavy atom. The number of fused-ring (bicyclic) bond motifs is 2. The van der Waals surface area contributed by atoms with Gasteiger partial charge >= 0.3 is 0 Å². The Bertz CT molecular complexity index is 1130. The molecule has 5 nitrogen and oxygen atoms in total. The smallest absolute Gasteiger partial charge is 0.141 e. The van der Waals surface area contributed by atoms with Crippen LogP contribution in [0.25, 0.3) is 22.3 Å². The van der Waals surface area contributed by atoms with Gasteiger partial charge in [0.1, 0.15) is 17.1 Å². The third-order valence-corrected chi connectivity index (χ3v) is 5.73. The van der Waals surface area contributed by atoms with Crippen LogP contribution in [-0.2, 0) is 18.3 Å². The van der Waals surface area contributed by atoms with Crippen molar-refractivity contribution >= 4 is 22.6 Å². The number of aromatic nitrogens is 4. The van der Waals surface area contributed by atoms with E-state index >= 15 is 0 Å². The summed E-state index contributed by atoms with van der Waals surface area (Å²) in [7, 11) is 0. The molecule has 3 heterocycles. The van der Waals surface area contributed by atoms with Gasteiger partial charge in [0.15, 0.2) is 0 Å². The van der Waals surface area contributed by atoms with Crippen molar-refractivity contribution in [2.45, 2.75) is 18.3 Å². The van der Waals surface area contributed by atoms with Crippen LogP contribution in [0.3, 0.4) is 0 Å². The maximum atomic E-state index is 6.43. The predicted octanol–water partition coefficient (Wildman–Crippen LogP) is 3.67. The molecular weight excluding hydrogens is 358 g/mol. The lowest BCUT2D eigenvalue weighted by atomic mass is 9.80. The second-order valence-electron chi connectivity index (χ2n) is 7.13. The van der Waals surface area contributed by atoms with E-state index in [-0.39, 0.29) is 5.41 Å². The quantitative estimate of drug-likeness (QED) is 0.535. The number of rotatable bonds is 3. The Hall–Kier alpha value is -2.76. The van der Waals surface area contributed by atoms with Crippen LogP contribution in [0.2, 0.25) is 5.15 Å². The third kappa shape index (κ3) is 2.62. The number of hydrogen-bond donors (Lipinski definition) is 2. The number of halogens is 1. The summed E-state index contributed by atoms with van der Waals surface area (Å²) in [6.07, 6.45) is 5.17. The highest BCUT2D eigenvalue weighted by Gasteiger charge is 2.39. The highest BCUT2D eigenvalue weighted by atomic mass is 35.5. The summed E-state index contributed by atoms with van der Waals surface area (Å²) in [5.41, 5.74) is 12.2. The molecule has 1 aromatic carbocycles. The van der Waals surface area contributed by atoms with E-state index in [4.69, 9.17) is 17.3 Å². The molecule has 134 valence electrons. The Labute approximate surface area is 161 Å². The largest absolute Gasteiger partial charge is 0.346 e. The third-order valence-electron chi connectivity index (χ3n) is 5.53. The second kappa shape index (κ2) is 6.15. The van der Waals surface area contributed by atoms with Crippen LogP contribution in [0.4, 0.5) is 0 Å². The second-order valence-corrected chi connectivity index (χ2v) is 7.52. The summed E-state index contributed by atoms with van der Waals surface area (Å²) in [4.78, 5) is 16.6. The number of nitrogens with one attached hydrogen (secondary N) is 1. The van der Waals surface area contributed by atoms with Crippen molar-refractivity contribution in [3.05, 3.63) is 77.0 Å². The molecule has 0 saturated carbocycles. The number of aromatic amines is 1. The Morgan fingerprint density at radius 3 is 2.59 bits per heavy atom. The van der Waals surface area contributed by atoms with Crippen LogP contribution in [0, 0.1) is 0 Å². The SMILES string of the molecule is NCC1(c2cc(-c3ncnc4[nH]ccc34)cc(Cl)n2)Cc2ccccc2C1. The van der Waals surface area contributed by atoms with E-state index in [1.165, 1.54) is 11.1 Å². The van der Waals surface area contributed by atoms with Gasteiger partial charge in [-0.15, -0.1) is 0 Å². The van der Waals surface area contributed by atoms with E-state index in [2.05, 4.69) is 50.3 Å². The van der Waals surface area contributed by atoms with Crippen molar-refractivity contribution in [1.82, 2.24) is 19.9 Å². The first-order chi connectivity index (χ1) is 13.2. The van der Waals surface area contributed by atoms with Gasteiger partial charge in [0, 0.05) is 29.1 Å². The molecular formula is C21H18ClN5.